The molecular weight excluding hydrogens is 160 g/mol. The van der Waals surface area contributed by atoms with E-state index in [1.807, 2.05) is 0 Å². The Labute approximate surface area is 69.5 Å². The lowest BCUT2D eigenvalue weighted by Gasteiger charge is -1.99. The van der Waals surface area contributed by atoms with Gasteiger partial charge in [-0.05, 0) is 31.3 Å². The monoisotopic (exact) mass is 170 g/mol. The normalized spacial score (nSPS) is 16.2. The van der Waals surface area contributed by atoms with Crippen molar-refractivity contribution in [2.75, 3.05) is 0 Å². The average molecular weight is 170 g/mol. The quantitative estimate of drug-likeness (QED) is 0.368. The first-order valence-electron chi connectivity index (χ1n) is 3.81. The van der Waals surface area contributed by atoms with Crippen molar-refractivity contribution in [3.05, 3.63) is 11.1 Å². The van der Waals surface area contributed by atoms with Gasteiger partial charge in [-0.25, -0.2) is 9.59 Å². The van der Waals surface area contributed by atoms with Crippen LogP contribution >= 0.6 is 0 Å². The number of carboxylic acids is 2. The summed E-state index contributed by atoms with van der Waals surface area (Å²) >= 11 is 0. The predicted octanol–water partition coefficient (Wildman–Crippen LogP) is 1.03. The van der Waals surface area contributed by atoms with Crippen LogP contribution in [-0.4, -0.2) is 22.2 Å². The summed E-state index contributed by atoms with van der Waals surface area (Å²) in [6.07, 6.45) is 3.04. The predicted molar refractivity (Wildman–Crippen MR) is 40.8 cm³/mol. The molecule has 0 saturated heterocycles. The van der Waals surface area contributed by atoms with Gasteiger partial charge in [0.25, 0.3) is 0 Å². The highest BCUT2D eigenvalue weighted by Crippen LogP contribution is 2.27. The summed E-state index contributed by atoms with van der Waals surface area (Å²) in [5.74, 6) is -2.64. The second kappa shape index (κ2) is 3.38. The molecule has 4 nitrogen and oxygen atoms in total. The topological polar surface area (TPSA) is 74.6 Å². The molecule has 0 amide bonds. The molecule has 1 aliphatic rings. The molecule has 1 aliphatic carbocycles. The van der Waals surface area contributed by atoms with E-state index in [2.05, 4.69) is 0 Å². The van der Waals surface area contributed by atoms with E-state index in [4.69, 9.17) is 10.2 Å². The van der Waals surface area contributed by atoms with Crippen LogP contribution in [0.3, 0.4) is 0 Å². The Bertz CT molecular complexity index is 228. The fourth-order valence-corrected chi connectivity index (χ4v) is 1.45. The molecule has 0 radical (unpaired) electrons. The molecule has 1 saturated carbocycles. The second-order valence-electron chi connectivity index (χ2n) is 2.80. The van der Waals surface area contributed by atoms with Crippen molar-refractivity contribution in [1.29, 1.82) is 0 Å². The standard InChI is InChI=1S/C8H10O4/c9-7(10)6(8(11)12)5-3-1-2-4-5/h1-4H2,(H,9,10)(H,11,12). The molecule has 0 heterocycles. The van der Waals surface area contributed by atoms with Crippen LogP contribution in [0, 0.1) is 0 Å². The summed E-state index contributed by atoms with van der Waals surface area (Å²) in [4.78, 5) is 21.0. The van der Waals surface area contributed by atoms with Crippen LogP contribution in [0.1, 0.15) is 25.7 Å². The molecule has 4 heteroatoms. The van der Waals surface area contributed by atoms with E-state index in [1.165, 1.54) is 0 Å². The van der Waals surface area contributed by atoms with Gasteiger partial charge < -0.3 is 10.2 Å². The Balaban J connectivity index is 2.97. The molecule has 1 rings (SSSR count). The Morgan fingerprint density at radius 2 is 1.42 bits per heavy atom. The Morgan fingerprint density at radius 3 is 1.75 bits per heavy atom. The van der Waals surface area contributed by atoms with Crippen molar-refractivity contribution in [3.8, 4) is 0 Å². The van der Waals surface area contributed by atoms with E-state index in [9.17, 15) is 9.59 Å². The number of carboxylic acid groups (broad SMARTS) is 2. The molecule has 0 aliphatic heterocycles. The van der Waals surface area contributed by atoms with Crippen LogP contribution in [-0.2, 0) is 9.59 Å². The maximum atomic E-state index is 10.5. The van der Waals surface area contributed by atoms with E-state index in [1.54, 1.807) is 0 Å². The number of aliphatic carboxylic acids is 2. The fraction of sp³-hybridized carbons (Fsp3) is 0.500. The van der Waals surface area contributed by atoms with Crippen molar-refractivity contribution >= 4 is 11.9 Å². The van der Waals surface area contributed by atoms with Crippen LogP contribution in [0.4, 0.5) is 0 Å². The SMILES string of the molecule is O=C(O)C(C(=O)O)=C1CCCC1. The smallest absolute Gasteiger partial charge is 0.343 e. The highest BCUT2D eigenvalue weighted by Gasteiger charge is 2.23. The average Bonchev–Trinajstić information content (AvgIpc) is 2.37. The Hall–Kier alpha value is -1.32. The molecule has 1 fully saturated rings. The first kappa shape index (κ1) is 8.77. The fourth-order valence-electron chi connectivity index (χ4n) is 1.45. The number of carbonyl (C=O) groups is 2. The Morgan fingerprint density at radius 1 is 1.00 bits per heavy atom. The summed E-state index contributed by atoms with van der Waals surface area (Å²) < 4.78 is 0. The molecule has 0 aromatic heterocycles. The third-order valence-corrected chi connectivity index (χ3v) is 1.99. The van der Waals surface area contributed by atoms with Crippen molar-refractivity contribution in [2.24, 2.45) is 0 Å². The molecule has 0 unspecified atom stereocenters. The lowest BCUT2D eigenvalue weighted by molar-refractivity contribution is -0.140. The van der Waals surface area contributed by atoms with Crippen molar-refractivity contribution in [2.45, 2.75) is 25.7 Å². The first-order valence-corrected chi connectivity index (χ1v) is 3.81. The molecule has 0 bridgehead atoms. The van der Waals surface area contributed by atoms with E-state index >= 15 is 0 Å². The van der Waals surface area contributed by atoms with Gasteiger partial charge in [-0.15, -0.1) is 0 Å². The van der Waals surface area contributed by atoms with Gasteiger partial charge in [0.2, 0.25) is 0 Å². The lowest BCUT2D eigenvalue weighted by Crippen LogP contribution is -2.13. The van der Waals surface area contributed by atoms with E-state index in [0.717, 1.165) is 12.8 Å². The molecular formula is C8H10O4. The molecule has 0 aromatic carbocycles. The van der Waals surface area contributed by atoms with Gasteiger partial charge in [-0.3, -0.25) is 0 Å². The maximum absolute atomic E-state index is 10.5. The van der Waals surface area contributed by atoms with Crippen LogP contribution < -0.4 is 0 Å². The van der Waals surface area contributed by atoms with Crippen molar-refractivity contribution < 1.29 is 19.8 Å². The zero-order valence-electron chi connectivity index (χ0n) is 6.54. The van der Waals surface area contributed by atoms with Gasteiger partial charge in [0.15, 0.2) is 0 Å². The van der Waals surface area contributed by atoms with Crippen LogP contribution in [0.2, 0.25) is 0 Å². The summed E-state index contributed by atoms with van der Waals surface area (Å²) in [6.45, 7) is 0. The van der Waals surface area contributed by atoms with E-state index in [0.29, 0.717) is 18.4 Å². The van der Waals surface area contributed by atoms with Crippen LogP contribution in [0.5, 0.6) is 0 Å². The molecule has 2 N–H and O–H groups in total. The summed E-state index contributed by atoms with van der Waals surface area (Å²) in [6, 6.07) is 0. The minimum atomic E-state index is -1.32. The molecule has 66 valence electrons. The highest BCUT2D eigenvalue weighted by atomic mass is 16.4. The van der Waals surface area contributed by atoms with Crippen LogP contribution in [0.25, 0.3) is 0 Å². The number of hydrogen-bond acceptors (Lipinski definition) is 2. The van der Waals surface area contributed by atoms with Gasteiger partial charge >= 0.3 is 11.9 Å². The maximum Gasteiger partial charge on any atom is 0.343 e. The third kappa shape index (κ3) is 1.64. The number of hydrogen-bond donors (Lipinski definition) is 2. The second-order valence-corrected chi connectivity index (χ2v) is 2.80. The highest BCUT2D eigenvalue weighted by molar-refractivity contribution is 6.13. The van der Waals surface area contributed by atoms with Gasteiger partial charge in [0.1, 0.15) is 5.57 Å². The van der Waals surface area contributed by atoms with Crippen LogP contribution in [0.15, 0.2) is 11.1 Å². The largest absolute Gasteiger partial charge is 0.477 e. The van der Waals surface area contributed by atoms with Crippen molar-refractivity contribution in [3.63, 3.8) is 0 Å². The van der Waals surface area contributed by atoms with E-state index < -0.39 is 17.5 Å². The molecule has 12 heavy (non-hydrogen) atoms. The third-order valence-electron chi connectivity index (χ3n) is 1.99. The summed E-state index contributed by atoms with van der Waals surface area (Å²) in [5.41, 5.74) is 0.155. The summed E-state index contributed by atoms with van der Waals surface area (Å²) in [5, 5.41) is 17.1. The minimum absolute atomic E-state index is 0.424. The Kier molecular flexibility index (Phi) is 2.47. The molecule has 0 atom stereocenters. The number of rotatable bonds is 2. The van der Waals surface area contributed by atoms with Gasteiger partial charge in [0, 0.05) is 0 Å². The summed E-state index contributed by atoms with van der Waals surface area (Å²) in [7, 11) is 0. The zero-order chi connectivity index (χ0) is 9.14. The van der Waals surface area contributed by atoms with Crippen molar-refractivity contribution in [1.82, 2.24) is 0 Å². The van der Waals surface area contributed by atoms with E-state index in [-0.39, 0.29) is 0 Å². The lowest BCUT2D eigenvalue weighted by atomic mass is 10.1. The number of allylic oxidation sites excluding steroid dienone is 1. The van der Waals surface area contributed by atoms with Gasteiger partial charge in [0.05, 0.1) is 0 Å². The van der Waals surface area contributed by atoms with Gasteiger partial charge in [-0.2, -0.15) is 0 Å². The minimum Gasteiger partial charge on any atom is -0.477 e. The zero-order valence-corrected chi connectivity index (χ0v) is 6.54. The molecule has 0 spiro atoms. The molecule has 0 aromatic rings. The van der Waals surface area contributed by atoms with Gasteiger partial charge in [-0.1, -0.05) is 0 Å². The first-order chi connectivity index (χ1) is 5.63.